The van der Waals surface area contributed by atoms with E-state index in [0.717, 1.165) is 37.7 Å². The van der Waals surface area contributed by atoms with Gasteiger partial charge in [-0.05, 0) is 29.7 Å². The van der Waals surface area contributed by atoms with Gasteiger partial charge in [-0.3, -0.25) is 9.80 Å². The molecule has 0 amide bonds. The first-order valence-electron chi connectivity index (χ1n) is 9.27. The summed E-state index contributed by atoms with van der Waals surface area (Å²) < 4.78 is 0. The summed E-state index contributed by atoms with van der Waals surface area (Å²) in [5.74, 6) is 0. The number of rotatable bonds is 7. The van der Waals surface area contributed by atoms with Crippen LogP contribution in [0.3, 0.4) is 0 Å². The number of piperazine rings is 1. The molecule has 3 N–H and O–H groups in total. The molecule has 2 aromatic carbocycles. The fourth-order valence-corrected chi connectivity index (χ4v) is 3.53. The molecule has 140 valence electrons. The standard InChI is InChI=1S/C21H28ClN3O/c22-19-8-6-18(7-9-19)15-24-10-12-25(13-11-24)16-21(26)20(23)14-17-4-2-1-3-5-17/h1-9,20-21,26H,10-16,23H2/t20-,21+/m0/s1. The Balaban J connectivity index is 1.41. The van der Waals surface area contributed by atoms with Crippen molar-refractivity contribution in [3.63, 3.8) is 0 Å². The molecular weight excluding hydrogens is 346 g/mol. The third kappa shape index (κ3) is 5.79. The van der Waals surface area contributed by atoms with Gasteiger partial charge < -0.3 is 10.8 Å². The van der Waals surface area contributed by atoms with E-state index in [1.54, 1.807) is 0 Å². The molecule has 0 radical (unpaired) electrons. The highest BCUT2D eigenvalue weighted by Crippen LogP contribution is 2.13. The van der Waals surface area contributed by atoms with Crippen molar-refractivity contribution in [2.45, 2.75) is 25.1 Å². The van der Waals surface area contributed by atoms with Crippen LogP contribution < -0.4 is 5.73 Å². The van der Waals surface area contributed by atoms with E-state index in [9.17, 15) is 5.11 Å². The lowest BCUT2D eigenvalue weighted by atomic mass is 10.0. The van der Waals surface area contributed by atoms with Crippen molar-refractivity contribution < 1.29 is 5.11 Å². The third-order valence-electron chi connectivity index (χ3n) is 5.04. The van der Waals surface area contributed by atoms with Crippen LogP contribution in [0.5, 0.6) is 0 Å². The van der Waals surface area contributed by atoms with E-state index in [0.29, 0.717) is 13.0 Å². The topological polar surface area (TPSA) is 52.7 Å². The highest BCUT2D eigenvalue weighted by atomic mass is 35.5. The van der Waals surface area contributed by atoms with Crippen LogP contribution >= 0.6 is 11.6 Å². The fraction of sp³-hybridized carbons (Fsp3) is 0.429. The van der Waals surface area contributed by atoms with Gasteiger partial charge in [-0.15, -0.1) is 0 Å². The van der Waals surface area contributed by atoms with E-state index >= 15 is 0 Å². The summed E-state index contributed by atoms with van der Waals surface area (Å²) in [7, 11) is 0. The van der Waals surface area contributed by atoms with Crippen molar-refractivity contribution >= 4 is 11.6 Å². The molecule has 1 aliphatic heterocycles. The number of nitrogens with zero attached hydrogens (tertiary/aromatic N) is 2. The van der Waals surface area contributed by atoms with Crippen LogP contribution in [-0.4, -0.2) is 59.8 Å². The number of nitrogens with two attached hydrogens (primary N) is 1. The van der Waals surface area contributed by atoms with Crippen molar-refractivity contribution in [2.24, 2.45) is 5.73 Å². The molecule has 0 bridgehead atoms. The van der Waals surface area contributed by atoms with E-state index in [1.165, 1.54) is 11.1 Å². The second-order valence-electron chi connectivity index (χ2n) is 7.12. The Morgan fingerprint density at radius 1 is 0.885 bits per heavy atom. The molecule has 2 aromatic rings. The van der Waals surface area contributed by atoms with E-state index < -0.39 is 6.10 Å². The van der Waals surface area contributed by atoms with E-state index in [-0.39, 0.29) is 6.04 Å². The maximum absolute atomic E-state index is 10.5. The molecule has 26 heavy (non-hydrogen) atoms. The lowest BCUT2D eigenvalue weighted by molar-refractivity contribution is 0.0579. The summed E-state index contributed by atoms with van der Waals surface area (Å²) in [6.45, 7) is 5.52. The Morgan fingerprint density at radius 2 is 1.50 bits per heavy atom. The molecule has 0 saturated carbocycles. The zero-order chi connectivity index (χ0) is 18.4. The monoisotopic (exact) mass is 373 g/mol. The summed E-state index contributed by atoms with van der Waals surface area (Å²) in [6, 6.07) is 17.9. The van der Waals surface area contributed by atoms with Crippen molar-refractivity contribution in [1.29, 1.82) is 0 Å². The minimum atomic E-state index is -0.502. The van der Waals surface area contributed by atoms with Gasteiger partial charge in [0.2, 0.25) is 0 Å². The van der Waals surface area contributed by atoms with E-state index in [2.05, 4.69) is 34.1 Å². The Morgan fingerprint density at radius 3 is 2.15 bits per heavy atom. The average Bonchev–Trinajstić information content (AvgIpc) is 2.66. The van der Waals surface area contributed by atoms with Crippen molar-refractivity contribution in [3.8, 4) is 0 Å². The number of aliphatic hydroxyl groups is 1. The van der Waals surface area contributed by atoms with E-state index in [4.69, 9.17) is 17.3 Å². The predicted octanol–water partition coefficient (Wildman–Crippen LogP) is 2.39. The van der Waals surface area contributed by atoms with Crippen LogP contribution in [0.1, 0.15) is 11.1 Å². The summed E-state index contributed by atoms with van der Waals surface area (Å²) in [6.07, 6.45) is 0.205. The minimum absolute atomic E-state index is 0.232. The minimum Gasteiger partial charge on any atom is -0.390 e. The third-order valence-corrected chi connectivity index (χ3v) is 5.29. The van der Waals surface area contributed by atoms with Gasteiger partial charge in [-0.1, -0.05) is 54.1 Å². The van der Waals surface area contributed by atoms with Crippen LogP contribution in [-0.2, 0) is 13.0 Å². The lowest BCUT2D eigenvalue weighted by Gasteiger charge is -2.36. The molecule has 1 saturated heterocycles. The van der Waals surface area contributed by atoms with Crippen molar-refractivity contribution in [3.05, 3.63) is 70.7 Å². The zero-order valence-corrected chi connectivity index (χ0v) is 15.9. The summed E-state index contributed by atoms with van der Waals surface area (Å²) in [5.41, 5.74) is 8.67. The molecule has 4 nitrogen and oxygen atoms in total. The van der Waals surface area contributed by atoms with Gasteiger partial charge in [-0.25, -0.2) is 0 Å². The average molecular weight is 374 g/mol. The fourth-order valence-electron chi connectivity index (χ4n) is 3.40. The smallest absolute Gasteiger partial charge is 0.0820 e. The van der Waals surface area contributed by atoms with Gasteiger partial charge in [0, 0.05) is 50.3 Å². The number of halogens is 1. The summed E-state index contributed by atoms with van der Waals surface area (Å²) in [5, 5.41) is 11.2. The molecular formula is C21H28ClN3O. The predicted molar refractivity (Wildman–Crippen MR) is 107 cm³/mol. The Hall–Kier alpha value is -1.43. The van der Waals surface area contributed by atoms with E-state index in [1.807, 2.05) is 30.3 Å². The molecule has 2 atom stereocenters. The van der Waals surface area contributed by atoms with Crippen LogP contribution in [0.15, 0.2) is 54.6 Å². The lowest BCUT2D eigenvalue weighted by Crippen LogP contribution is -2.51. The van der Waals surface area contributed by atoms with Gasteiger partial charge >= 0.3 is 0 Å². The first-order chi connectivity index (χ1) is 12.6. The first-order valence-corrected chi connectivity index (χ1v) is 9.64. The quantitative estimate of drug-likeness (QED) is 0.782. The normalized spacial score (nSPS) is 18.6. The van der Waals surface area contributed by atoms with Crippen LogP contribution in [0.4, 0.5) is 0 Å². The van der Waals surface area contributed by atoms with Gasteiger partial charge in [-0.2, -0.15) is 0 Å². The second-order valence-corrected chi connectivity index (χ2v) is 7.56. The van der Waals surface area contributed by atoms with Crippen LogP contribution in [0.25, 0.3) is 0 Å². The molecule has 3 rings (SSSR count). The van der Waals surface area contributed by atoms with Crippen LogP contribution in [0.2, 0.25) is 5.02 Å². The molecule has 0 unspecified atom stereocenters. The zero-order valence-electron chi connectivity index (χ0n) is 15.1. The van der Waals surface area contributed by atoms with Crippen molar-refractivity contribution in [2.75, 3.05) is 32.7 Å². The van der Waals surface area contributed by atoms with Crippen molar-refractivity contribution in [1.82, 2.24) is 9.80 Å². The Bertz CT molecular complexity index is 657. The largest absolute Gasteiger partial charge is 0.390 e. The number of benzene rings is 2. The molecule has 0 aliphatic carbocycles. The molecule has 0 spiro atoms. The maximum Gasteiger partial charge on any atom is 0.0820 e. The summed E-state index contributed by atoms with van der Waals surface area (Å²) >= 11 is 5.94. The van der Waals surface area contributed by atoms with Gasteiger partial charge in [0.1, 0.15) is 0 Å². The molecule has 0 aromatic heterocycles. The highest BCUT2D eigenvalue weighted by Gasteiger charge is 2.22. The number of aliphatic hydroxyl groups excluding tert-OH is 1. The Labute approximate surface area is 161 Å². The number of hydrogen-bond acceptors (Lipinski definition) is 4. The maximum atomic E-state index is 10.5. The molecule has 1 aliphatic rings. The molecule has 1 fully saturated rings. The summed E-state index contributed by atoms with van der Waals surface area (Å²) in [4.78, 5) is 4.75. The molecule has 5 heteroatoms. The van der Waals surface area contributed by atoms with Crippen LogP contribution in [0, 0.1) is 0 Å². The SMILES string of the molecule is N[C@@H](Cc1ccccc1)[C@H](O)CN1CCN(Cc2ccc(Cl)cc2)CC1. The molecule has 1 heterocycles. The Kier molecular flexibility index (Phi) is 7.06. The highest BCUT2D eigenvalue weighted by molar-refractivity contribution is 6.30. The van der Waals surface area contributed by atoms with Gasteiger partial charge in [0.05, 0.1) is 6.10 Å². The first kappa shape index (κ1) is 19.3. The van der Waals surface area contributed by atoms with Gasteiger partial charge in [0.25, 0.3) is 0 Å². The number of β-amino-alcohol motifs (C(OH)–C–C–N with tert-alkyl or cyclic N) is 1. The number of hydrogen-bond donors (Lipinski definition) is 2. The second kappa shape index (κ2) is 9.49. The van der Waals surface area contributed by atoms with Gasteiger partial charge in [0.15, 0.2) is 0 Å².